The molecule has 2 N–H and O–H groups in total. The molecule has 0 atom stereocenters. The first-order valence-corrected chi connectivity index (χ1v) is 12.7. The van der Waals surface area contributed by atoms with E-state index in [1.54, 1.807) is 6.07 Å². The molecule has 2 aromatic heterocycles. The normalized spacial score (nSPS) is 16.9. The summed E-state index contributed by atoms with van der Waals surface area (Å²) in [6, 6.07) is 9.08. The molecule has 9 heteroatoms. The van der Waals surface area contributed by atoms with Crippen molar-refractivity contribution in [3.63, 3.8) is 0 Å². The largest absolute Gasteiger partial charge is 0.480 e. The van der Waals surface area contributed by atoms with Gasteiger partial charge in [0.25, 0.3) is 5.56 Å². The second kappa shape index (κ2) is 10.6. The van der Waals surface area contributed by atoms with Crippen molar-refractivity contribution in [1.29, 1.82) is 0 Å². The molecule has 2 aliphatic rings. The fourth-order valence-electron chi connectivity index (χ4n) is 4.96. The molecule has 8 nitrogen and oxygen atoms in total. The summed E-state index contributed by atoms with van der Waals surface area (Å²) >= 11 is 0. The zero-order valence-electron chi connectivity index (χ0n) is 20.1. The lowest BCUT2D eigenvalue weighted by Crippen LogP contribution is -2.14. The third kappa shape index (κ3) is 5.78. The zero-order chi connectivity index (χ0) is 25.1. The minimum Gasteiger partial charge on any atom is -0.480 e. The number of allylic oxidation sites excluding steroid dienone is 1. The molecule has 0 aliphatic heterocycles. The van der Waals surface area contributed by atoms with Crippen molar-refractivity contribution < 1.29 is 14.3 Å². The van der Waals surface area contributed by atoms with Crippen LogP contribution in [-0.4, -0.2) is 36.3 Å². The standard InChI is InChI=1S/C27H30FN5O3/c28-23-15-20(9-8-19(23)10-13-25-30-32-33(31-25)16-26(34)35)22(14-17-4-2-1-3-5-17)24-12-11-21(18-6-7-18)27(36)29-24/h8-9,11-12,14-15,17-18H,1-7,10,13,16H2,(H,29,36)(H,34,35)/b22-14+. The molecule has 36 heavy (non-hydrogen) atoms. The molecular weight excluding hydrogens is 461 g/mol. The van der Waals surface area contributed by atoms with Gasteiger partial charge in [0.05, 0.1) is 0 Å². The zero-order valence-corrected chi connectivity index (χ0v) is 20.1. The van der Waals surface area contributed by atoms with E-state index in [0.717, 1.165) is 52.9 Å². The van der Waals surface area contributed by atoms with Gasteiger partial charge in [0.15, 0.2) is 12.4 Å². The number of aryl methyl sites for hydroxylation is 2. The maximum absolute atomic E-state index is 15.2. The van der Waals surface area contributed by atoms with Crippen molar-refractivity contribution in [3.05, 3.63) is 80.8 Å². The van der Waals surface area contributed by atoms with Crippen LogP contribution in [0.3, 0.4) is 0 Å². The summed E-state index contributed by atoms with van der Waals surface area (Å²) in [5.41, 5.74) is 3.63. The number of nitrogens with zero attached hydrogens (tertiary/aromatic N) is 4. The number of tetrazole rings is 1. The van der Waals surface area contributed by atoms with Crippen LogP contribution >= 0.6 is 0 Å². The van der Waals surface area contributed by atoms with Gasteiger partial charge in [-0.25, -0.2) is 4.39 Å². The molecule has 0 spiro atoms. The Morgan fingerprint density at radius 3 is 2.61 bits per heavy atom. The van der Waals surface area contributed by atoms with Gasteiger partial charge in [-0.1, -0.05) is 43.5 Å². The van der Waals surface area contributed by atoms with Crippen LogP contribution in [-0.2, 0) is 24.2 Å². The number of benzene rings is 1. The van der Waals surface area contributed by atoms with Gasteiger partial charge in [0.2, 0.25) is 0 Å². The molecule has 188 valence electrons. The average molecular weight is 492 g/mol. The number of pyridine rings is 1. The SMILES string of the molecule is O=C(O)Cn1nnc(CCc2ccc(/C(=C\C3CCCCC3)c3ccc(C4CC4)c(=O)[nH]3)cc2F)n1. The molecule has 5 rings (SSSR count). The highest BCUT2D eigenvalue weighted by molar-refractivity contribution is 5.78. The number of hydrogen-bond donors (Lipinski definition) is 2. The molecule has 2 heterocycles. The van der Waals surface area contributed by atoms with Gasteiger partial charge in [-0.3, -0.25) is 9.59 Å². The topological polar surface area (TPSA) is 114 Å². The molecule has 3 aromatic rings. The van der Waals surface area contributed by atoms with Crippen molar-refractivity contribution in [1.82, 2.24) is 25.2 Å². The maximum Gasteiger partial charge on any atom is 0.327 e. The first-order chi connectivity index (χ1) is 17.5. The molecule has 2 aliphatic carbocycles. The summed E-state index contributed by atoms with van der Waals surface area (Å²) in [6.45, 7) is -0.365. The molecule has 0 bridgehead atoms. The molecule has 0 radical (unpaired) electrons. The number of aliphatic carboxylic acids is 1. The Bertz CT molecular complexity index is 1340. The van der Waals surface area contributed by atoms with Gasteiger partial charge >= 0.3 is 5.97 Å². The highest BCUT2D eigenvalue weighted by atomic mass is 19.1. The van der Waals surface area contributed by atoms with Gasteiger partial charge in [-0.05, 0) is 72.4 Å². The summed E-state index contributed by atoms with van der Waals surface area (Å²) < 4.78 is 15.2. The fraction of sp³-hybridized carbons (Fsp3) is 0.444. The number of nitrogens with one attached hydrogen (secondary N) is 1. The Balaban J connectivity index is 1.38. The summed E-state index contributed by atoms with van der Waals surface area (Å²) in [4.78, 5) is 27.6. The molecule has 1 aromatic carbocycles. The van der Waals surface area contributed by atoms with Crippen LogP contribution in [0.15, 0.2) is 41.2 Å². The van der Waals surface area contributed by atoms with E-state index in [1.807, 2.05) is 18.2 Å². The van der Waals surface area contributed by atoms with Crippen molar-refractivity contribution in [2.75, 3.05) is 0 Å². The quantitative estimate of drug-likeness (QED) is 0.462. The minimum absolute atomic E-state index is 0.0509. The van der Waals surface area contributed by atoms with Crippen molar-refractivity contribution in [2.45, 2.75) is 70.3 Å². The molecule has 0 amide bonds. The predicted octanol–water partition coefficient (Wildman–Crippen LogP) is 4.26. The molecule has 2 fully saturated rings. The van der Waals surface area contributed by atoms with Crippen LogP contribution in [0.1, 0.15) is 79.1 Å². The van der Waals surface area contributed by atoms with Crippen LogP contribution in [0, 0.1) is 11.7 Å². The van der Waals surface area contributed by atoms with E-state index in [2.05, 4.69) is 26.5 Å². The van der Waals surface area contributed by atoms with E-state index >= 15 is 4.39 Å². The summed E-state index contributed by atoms with van der Waals surface area (Å²) in [6.07, 6.45) is 10.9. The number of aromatic amines is 1. The van der Waals surface area contributed by atoms with Crippen LogP contribution in [0.5, 0.6) is 0 Å². The number of aromatic nitrogens is 5. The second-order valence-electron chi connectivity index (χ2n) is 9.85. The fourth-order valence-corrected chi connectivity index (χ4v) is 4.96. The number of H-pyrrole nitrogens is 1. The van der Waals surface area contributed by atoms with E-state index in [9.17, 15) is 9.59 Å². The van der Waals surface area contributed by atoms with Crippen LogP contribution < -0.4 is 5.56 Å². The Kier molecular flexibility index (Phi) is 7.06. The summed E-state index contributed by atoms with van der Waals surface area (Å²) in [7, 11) is 0. The first kappa shape index (κ1) is 24.1. The first-order valence-electron chi connectivity index (χ1n) is 12.7. The Labute approximate surface area is 208 Å². The smallest absolute Gasteiger partial charge is 0.327 e. The van der Waals surface area contributed by atoms with E-state index in [1.165, 1.54) is 25.3 Å². The van der Waals surface area contributed by atoms with Gasteiger partial charge in [0.1, 0.15) is 5.82 Å². The van der Waals surface area contributed by atoms with E-state index < -0.39 is 5.97 Å². The number of carboxylic acid groups (broad SMARTS) is 1. The van der Waals surface area contributed by atoms with Crippen LogP contribution in [0.2, 0.25) is 0 Å². The Morgan fingerprint density at radius 2 is 1.92 bits per heavy atom. The summed E-state index contributed by atoms with van der Waals surface area (Å²) in [5.74, 6) is -0.253. The van der Waals surface area contributed by atoms with E-state index in [-0.39, 0.29) is 17.9 Å². The van der Waals surface area contributed by atoms with Crippen molar-refractivity contribution >= 4 is 11.5 Å². The van der Waals surface area contributed by atoms with Crippen LogP contribution in [0.4, 0.5) is 4.39 Å². The van der Waals surface area contributed by atoms with Crippen LogP contribution in [0.25, 0.3) is 5.57 Å². The highest BCUT2D eigenvalue weighted by Gasteiger charge is 2.26. The number of rotatable bonds is 9. The van der Waals surface area contributed by atoms with Gasteiger partial charge in [-0.2, -0.15) is 4.80 Å². The predicted molar refractivity (Wildman–Crippen MR) is 132 cm³/mol. The monoisotopic (exact) mass is 491 g/mol. The maximum atomic E-state index is 15.2. The third-order valence-electron chi connectivity index (χ3n) is 7.05. The second-order valence-corrected chi connectivity index (χ2v) is 9.85. The Hall–Kier alpha value is -3.62. The number of hydrogen-bond acceptors (Lipinski definition) is 5. The lowest BCUT2D eigenvalue weighted by molar-refractivity contribution is -0.138. The highest BCUT2D eigenvalue weighted by Crippen LogP contribution is 2.38. The molecule has 0 unspecified atom stereocenters. The van der Waals surface area contributed by atoms with Gasteiger partial charge < -0.3 is 10.1 Å². The molecule has 2 saturated carbocycles. The number of carboxylic acids is 1. The third-order valence-corrected chi connectivity index (χ3v) is 7.05. The lowest BCUT2D eigenvalue weighted by atomic mass is 9.86. The number of halogens is 1. The van der Waals surface area contributed by atoms with Gasteiger partial charge in [0, 0.05) is 23.3 Å². The minimum atomic E-state index is -1.05. The molecular formula is C27H30FN5O3. The van der Waals surface area contributed by atoms with Crippen molar-refractivity contribution in [3.8, 4) is 0 Å². The van der Waals surface area contributed by atoms with Crippen molar-refractivity contribution in [2.24, 2.45) is 5.92 Å². The average Bonchev–Trinajstić information content (AvgIpc) is 3.61. The summed E-state index contributed by atoms with van der Waals surface area (Å²) in [5, 5.41) is 20.4. The van der Waals surface area contributed by atoms with Gasteiger partial charge in [-0.15, -0.1) is 10.2 Å². The number of carbonyl (C=O) groups is 1. The van der Waals surface area contributed by atoms with E-state index in [4.69, 9.17) is 5.11 Å². The van der Waals surface area contributed by atoms with E-state index in [0.29, 0.717) is 36.1 Å². The lowest BCUT2D eigenvalue weighted by Gasteiger charge is -2.20. The Morgan fingerprint density at radius 1 is 1.11 bits per heavy atom. The molecule has 0 saturated heterocycles.